The number of nitrogen functional groups attached to an aromatic ring is 1. The topological polar surface area (TPSA) is 52.0 Å². The highest BCUT2D eigenvalue weighted by Gasteiger charge is 2.23. The molecule has 2 rings (SSSR count). The maximum absolute atomic E-state index is 5.92. The fourth-order valence-electron chi connectivity index (χ4n) is 1.79. The average molecular weight is 227 g/mol. The zero-order chi connectivity index (χ0) is 8.72. The third-order valence-electron chi connectivity index (χ3n) is 2.41. The van der Waals surface area contributed by atoms with Crippen LogP contribution in [0.15, 0.2) is 16.6 Å². The maximum atomic E-state index is 5.92. The van der Waals surface area contributed by atoms with E-state index in [1.54, 1.807) is 0 Å². The Balaban J connectivity index is 2.64. The van der Waals surface area contributed by atoms with Crippen LogP contribution in [0.5, 0.6) is 0 Å². The van der Waals surface area contributed by atoms with Gasteiger partial charge in [0.15, 0.2) is 0 Å². The number of anilines is 1. The summed E-state index contributed by atoms with van der Waals surface area (Å²) in [5, 5.41) is 0. The Morgan fingerprint density at radius 3 is 2.83 bits per heavy atom. The van der Waals surface area contributed by atoms with Crippen molar-refractivity contribution in [1.29, 1.82) is 0 Å². The summed E-state index contributed by atoms with van der Waals surface area (Å²) in [6, 6.07) is 4.04. The normalized spacial score (nSPS) is 21.0. The number of benzene rings is 1. The van der Waals surface area contributed by atoms with Crippen LogP contribution in [0, 0.1) is 0 Å². The van der Waals surface area contributed by atoms with Crippen molar-refractivity contribution < 1.29 is 0 Å². The minimum Gasteiger partial charge on any atom is -0.398 e. The van der Waals surface area contributed by atoms with E-state index >= 15 is 0 Å². The Labute approximate surface area is 80.1 Å². The molecule has 1 aromatic carbocycles. The summed E-state index contributed by atoms with van der Waals surface area (Å²) in [6.45, 7) is 0. The van der Waals surface area contributed by atoms with E-state index in [1.165, 1.54) is 5.56 Å². The molecule has 0 aromatic heterocycles. The monoisotopic (exact) mass is 226 g/mol. The van der Waals surface area contributed by atoms with E-state index in [0.717, 1.165) is 28.6 Å². The lowest BCUT2D eigenvalue weighted by molar-refractivity contribution is 0.714. The summed E-state index contributed by atoms with van der Waals surface area (Å²) in [5.74, 6) is 0. The van der Waals surface area contributed by atoms with Crippen LogP contribution in [0.4, 0.5) is 5.69 Å². The van der Waals surface area contributed by atoms with Crippen molar-refractivity contribution in [2.45, 2.75) is 18.9 Å². The van der Waals surface area contributed by atoms with Crippen molar-refractivity contribution >= 4 is 21.6 Å². The van der Waals surface area contributed by atoms with Gasteiger partial charge in [0.2, 0.25) is 0 Å². The molecule has 1 aromatic rings. The van der Waals surface area contributed by atoms with Crippen LogP contribution in [0.2, 0.25) is 0 Å². The molecule has 1 aliphatic rings. The summed E-state index contributed by atoms with van der Waals surface area (Å²) in [4.78, 5) is 0. The summed E-state index contributed by atoms with van der Waals surface area (Å²) in [7, 11) is 0. The Kier molecular flexibility index (Phi) is 1.85. The molecule has 0 bridgehead atoms. The zero-order valence-corrected chi connectivity index (χ0v) is 8.26. The van der Waals surface area contributed by atoms with Crippen LogP contribution >= 0.6 is 15.9 Å². The third-order valence-corrected chi connectivity index (χ3v) is 3.15. The molecule has 0 saturated carbocycles. The van der Waals surface area contributed by atoms with Gasteiger partial charge in [-0.2, -0.15) is 0 Å². The second-order valence-electron chi connectivity index (χ2n) is 3.17. The minimum atomic E-state index is 0.137. The van der Waals surface area contributed by atoms with Crippen LogP contribution < -0.4 is 11.5 Å². The Morgan fingerprint density at radius 1 is 1.42 bits per heavy atom. The van der Waals surface area contributed by atoms with E-state index in [4.69, 9.17) is 11.5 Å². The van der Waals surface area contributed by atoms with Crippen molar-refractivity contribution in [3.05, 3.63) is 27.7 Å². The van der Waals surface area contributed by atoms with Crippen molar-refractivity contribution in [2.75, 3.05) is 5.73 Å². The second kappa shape index (κ2) is 2.75. The highest BCUT2D eigenvalue weighted by Crippen LogP contribution is 2.37. The zero-order valence-electron chi connectivity index (χ0n) is 6.68. The van der Waals surface area contributed by atoms with Gasteiger partial charge in [0.1, 0.15) is 0 Å². The first kappa shape index (κ1) is 8.08. The van der Waals surface area contributed by atoms with Gasteiger partial charge in [-0.1, -0.05) is 15.9 Å². The highest BCUT2D eigenvalue weighted by atomic mass is 79.9. The van der Waals surface area contributed by atoms with Gasteiger partial charge in [-0.05, 0) is 36.1 Å². The van der Waals surface area contributed by atoms with Crippen LogP contribution in [0.3, 0.4) is 0 Å². The lowest BCUT2D eigenvalue weighted by Crippen LogP contribution is -2.08. The van der Waals surface area contributed by atoms with Gasteiger partial charge in [-0.15, -0.1) is 0 Å². The van der Waals surface area contributed by atoms with Crippen LogP contribution in [0.25, 0.3) is 0 Å². The summed E-state index contributed by atoms with van der Waals surface area (Å²) in [5.41, 5.74) is 15.0. The van der Waals surface area contributed by atoms with Gasteiger partial charge in [-0.25, -0.2) is 0 Å². The van der Waals surface area contributed by atoms with Crippen molar-refractivity contribution in [3.63, 3.8) is 0 Å². The van der Waals surface area contributed by atoms with Crippen molar-refractivity contribution in [2.24, 2.45) is 5.73 Å². The average Bonchev–Trinajstić information content (AvgIpc) is 2.42. The Hall–Kier alpha value is -0.540. The predicted molar refractivity (Wildman–Crippen MR) is 53.8 cm³/mol. The molecular formula is C9H11BrN2. The third kappa shape index (κ3) is 1.04. The number of rotatable bonds is 0. The molecule has 64 valence electrons. The molecule has 0 spiro atoms. The molecule has 0 heterocycles. The highest BCUT2D eigenvalue weighted by molar-refractivity contribution is 9.10. The van der Waals surface area contributed by atoms with Gasteiger partial charge in [0, 0.05) is 16.2 Å². The van der Waals surface area contributed by atoms with Gasteiger partial charge in [0.05, 0.1) is 0 Å². The molecule has 0 unspecified atom stereocenters. The van der Waals surface area contributed by atoms with E-state index in [2.05, 4.69) is 15.9 Å². The van der Waals surface area contributed by atoms with Gasteiger partial charge in [0.25, 0.3) is 0 Å². The molecule has 3 heteroatoms. The fourth-order valence-corrected chi connectivity index (χ4v) is 2.34. The number of hydrogen-bond acceptors (Lipinski definition) is 2. The van der Waals surface area contributed by atoms with E-state index in [1.807, 2.05) is 12.1 Å². The first-order chi connectivity index (χ1) is 5.70. The SMILES string of the molecule is Nc1ccc(Br)c2c1[C@@H](N)CC2. The fraction of sp³-hybridized carbons (Fsp3) is 0.333. The van der Waals surface area contributed by atoms with E-state index in [-0.39, 0.29) is 6.04 Å². The van der Waals surface area contributed by atoms with Crippen molar-refractivity contribution in [3.8, 4) is 0 Å². The molecule has 0 amide bonds. The minimum absolute atomic E-state index is 0.137. The van der Waals surface area contributed by atoms with E-state index in [0.29, 0.717) is 0 Å². The van der Waals surface area contributed by atoms with Crippen LogP contribution in [0.1, 0.15) is 23.6 Å². The number of halogens is 1. The molecule has 0 radical (unpaired) electrons. The van der Waals surface area contributed by atoms with Crippen LogP contribution in [-0.4, -0.2) is 0 Å². The first-order valence-electron chi connectivity index (χ1n) is 4.02. The van der Waals surface area contributed by atoms with E-state index < -0.39 is 0 Å². The molecule has 1 atom stereocenters. The molecular weight excluding hydrogens is 216 g/mol. The molecule has 2 nitrogen and oxygen atoms in total. The molecule has 0 aliphatic heterocycles. The largest absolute Gasteiger partial charge is 0.398 e. The first-order valence-corrected chi connectivity index (χ1v) is 4.82. The van der Waals surface area contributed by atoms with Gasteiger partial charge >= 0.3 is 0 Å². The van der Waals surface area contributed by atoms with Gasteiger partial charge < -0.3 is 11.5 Å². The van der Waals surface area contributed by atoms with Gasteiger partial charge in [-0.3, -0.25) is 0 Å². The standard InChI is InChI=1S/C9H11BrN2/c10-6-2-4-8(12)9-5(6)1-3-7(9)11/h2,4,7H,1,3,11-12H2/t7-/m0/s1. The summed E-state index contributed by atoms with van der Waals surface area (Å²) >= 11 is 3.50. The number of fused-ring (bicyclic) bond motifs is 1. The van der Waals surface area contributed by atoms with Crippen molar-refractivity contribution in [1.82, 2.24) is 0 Å². The summed E-state index contributed by atoms with van der Waals surface area (Å²) in [6.07, 6.45) is 2.06. The second-order valence-corrected chi connectivity index (χ2v) is 4.03. The van der Waals surface area contributed by atoms with Crippen LogP contribution in [-0.2, 0) is 6.42 Å². The van der Waals surface area contributed by atoms with E-state index in [9.17, 15) is 0 Å². The molecule has 0 fully saturated rings. The number of nitrogens with two attached hydrogens (primary N) is 2. The molecule has 0 saturated heterocycles. The number of hydrogen-bond donors (Lipinski definition) is 2. The molecule has 12 heavy (non-hydrogen) atoms. The lowest BCUT2D eigenvalue weighted by Gasteiger charge is -2.09. The lowest BCUT2D eigenvalue weighted by atomic mass is 10.1. The molecule has 4 N–H and O–H groups in total. The Morgan fingerprint density at radius 2 is 2.17 bits per heavy atom. The maximum Gasteiger partial charge on any atom is 0.0366 e. The quantitative estimate of drug-likeness (QED) is 0.666. The predicted octanol–water partition coefficient (Wildman–Crippen LogP) is 1.98. The summed E-state index contributed by atoms with van der Waals surface area (Å²) < 4.78 is 1.14. The Bertz CT molecular complexity index is 323. The molecule has 1 aliphatic carbocycles. The smallest absolute Gasteiger partial charge is 0.0366 e.